The molecule has 8 nitrogen and oxygen atoms in total. The van der Waals surface area contributed by atoms with Gasteiger partial charge in [-0.1, -0.05) is 43.0 Å². The largest absolute Gasteiger partial charge is 0.486 e. The highest BCUT2D eigenvalue weighted by molar-refractivity contribution is 7.99. The predicted octanol–water partition coefficient (Wildman–Crippen LogP) is 3.68. The minimum Gasteiger partial charge on any atom is -0.486 e. The number of aromatic amines is 1. The van der Waals surface area contributed by atoms with E-state index in [-0.39, 0.29) is 18.3 Å². The van der Waals surface area contributed by atoms with Gasteiger partial charge in [0, 0.05) is 5.69 Å². The number of para-hydroxylation sites is 1. The van der Waals surface area contributed by atoms with Crippen molar-refractivity contribution in [2.45, 2.75) is 25.1 Å². The zero-order valence-corrected chi connectivity index (χ0v) is 17.3. The van der Waals surface area contributed by atoms with Crippen molar-refractivity contribution in [3.63, 3.8) is 0 Å². The van der Waals surface area contributed by atoms with Crippen LogP contribution in [0.3, 0.4) is 0 Å². The van der Waals surface area contributed by atoms with Crippen molar-refractivity contribution < 1.29 is 19.1 Å². The van der Waals surface area contributed by atoms with Gasteiger partial charge in [0.1, 0.15) is 12.4 Å². The van der Waals surface area contributed by atoms with Crippen LogP contribution in [-0.4, -0.2) is 39.4 Å². The number of nitrogens with zero attached hydrogens (tertiary/aromatic N) is 2. The van der Waals surface area contributed by atoms with Gasteiger partial charge in [-0.15, -0.1) is 5.10 Å². The van der Waals surface area contributed by atoms with Crippen LogP contribution in [0.2, 0.25) is 0 Å². The molecule has 2 aromatic carbocycles. The molecule has 30 heavy (non-hydrogen) atoms. The van der Waals surface area contributed by atoms with E-state index in [9.17, 15) is 9.59 Å². The van der Waals surface area contributed by atoms with E-state index in [0.717, 1.165) is 12.2 Å². The molecule has 0 spiro atoms. The Morgan fingerprint density at radius 3 is 2.77 bits per heavy atom. The number of anilines is 1. The van der Waals surface area contributed by atoms with Crippen molar-refractivity contribution in [2.24, 2.45) is 0 Å². The normalized spacial score (nSPS) is 10.4. The van der Waals surface area contributed by atoms with E-state index in [1.165, 1.54) is 11.8 Å². The number of nitrogens with one attached hydrogen (secondary N) is 2. The Hall–Kier alpha value is -3.33. The molecule has 0 radical (unpaired) electrons. The van der Waals surface area contributed by atoms with Gasteiger partial charge in [0.05, 0.1) is 17.9 Å². The van der Waals surface area contributed by atoms with Gasteiger partial charge >= 0.3 is 5.97 Å². The van der Waals surface area contributed by atoms with E-state index in [2.05, 4.69) is 20.5 Å². The summed E-state index contributed by atoms with van der Waals surface area (Å²) in [7, 11) is 0. The average molecular weight is 426 g/mol. The van der Waals surface area contributed by atoms with Gasteiger partial charge < -0.3 is 14.8 Å². The number of aromatic nitrogens is 3. The number of hydrogen-bond acceptors (Lipinski definition) is 7. The predicted molar refractivity (Wildman–Crippen MR) is 114 cm³/mol. The Balaban J connectivity index is 1.46. The second-order valence-corrected chi connectivity index (χ2v) is 7.16. The van der Waals surface area contributed by atoms with E-state index in [1.54, 1.807) is 24.3 Å². The fourth-order valence-electron chi connectivity index (χ4n) is 2.40. The lowest BCUT2D eigenvalue weighted by Crippen LogP contribution is -2.15. The van der Waals surface area contributed by atoms with Crippen molar-refractivity contribution in [3.05, 3.63) is 66.0 Å². The summed E-state index contributed by atoms with van der Waals surface area (Å²) in [5, 5.41) is 10.1. The molecular formula is C21H22N4O4S. The number of rotatable bonds is 10. The van der Waals surface area contributed by atoms with E-state index in [4.69, 9.17) is 9.47 Å². The number of ether oxygens (including phenoxy) is 2. The minimum absolute atomic E-state index is 0.126. The maximum Gasteiger partial charge on any atom is 0.338 e. The Labute approximate surface area is 178 Å². The number of hydrogen-bond donors (Lipinski definition) is 2. The minimum atomic E-state index is -0.409. The highest BCUT2D eigenvalue weighted by Crippen LogP contribution is 2.16. The number of carbonyl (C=O) groups is 2. The summed E-state index contributed by atoms with van der Waals surface area (Å²) in [5.74, 6) is 0.795. The number of H-pyrrole nitrogens is 1. The number of esters is 1. The maximum absolute atomic E-state index is 12.2. The highest BCUT2D eigenvalue weighted by Gasteiger charge is 2.11. The summed E-state index contributed by atoms with van der Waals surface area (Å²) in [6, 6.07) is 16.0. The molecule has 1 aromatic heterocycles. The summed E-state index contributed by atoms with van der Waals surface area (Å²) >= 11 is 1.20. The topological polar surface area (TPSA) is 106 Å². The molecule has 0 bridgehead atoms. The monoisotopic (exact) mass is 426 g/mol. The molecule has 0 atom stereocenters. The Morgan fingerprint density at radius 1 is 1.13 bits per heavy atom. The van der Waals surface area contributed by atoms with Gasteiger partial charge in [-0.25, -0.2) is 9.78 Å². The third-order valence-corrected chi connectivity index (χ3v) is 4.63. The maximum atomic E-state index is 12.2. The number of thioether (sulfide) groups is 1. The Kier molecular flexibility index (Phi) is 7.85. The van der Waals surface area contributed by atoms with Gasteiger partial charge in [-0.05, 0) is 36.8 Å². The molecule has 3 rings (SSSR count). The lowest BCUT2D eigenvalue weighted by Gasteiger charge is -2.07. The van der Waals surface area contributed by atoms with E-state index < -0.39 is 5.97 Å². The molecule has 0 fully saturated rings. The van der Waals surface area contributed by atoms with Crippen LogP contribution in [0.25, 0.3) is 0 Å². The highest BCUT2D eigenvalue weighted by atomic mass is 32.2. The van der Waals surface area contributed by atoms with Crippen LogP contribution < -0.4 is 10.1 Å². The van der Waals surface area contributed by atoms with Gasteiger partial charge in [0.25, 0.3) is 0 Å². The lowest BCUT2D eigenvalue weighted by molar-refractivity contribution is -0.113. The Bertz CT molecular complexity index is 978. The molecule has 2 N–H and O–H groups in total. The first-order valence-electron chi connectivity index (χ1n) is 9.43. The van der Waals surface area contributed by atoms with Gasteiger partial charge in [-0.2, -0.15) is 0 Å². The van der Waals surface area contributed by atoms with Crippen molar-refractivity contribution in [2.75, 3.05) is 17.7 Å². The van der Waals surface area contributed by atoms with E-state index in [1.807, 2.05) is 37.3 Å². The molecule has 156 valence electrons. The summed E-state index contributed by atoms with van der Waals surface area (Å²) in [6.07, 6.45) is 0.751. The third kappa shape index (κ3) is 6.63. The first kappa shape index (κ1) is 21.4. The third-order valence-electron chi connectivity index (χ3n) is 3.78. The smallest absolute Gasteiger partial charge is 0.338 e. The first-order valence-corrected chi connectivity index (χ1v) is 10.4. The number of amides is 1. The van der Waals surface area contributed by atoms with Crippen LogP contribution in [0.5, 0.6) is 5.75 Å². The van der Waals surface area contributed by atoms with Crippen LogP contribution in [-0.2, 0) is 16.1 Å². The molecule has 0 aliphatic carbocycles. The van der Waals surface area contributed by atoms with E-state index in [0.29, 0.717) is 28.8 Å². The zero-order chi connectivity index (χ0) is 21.2. The summed E-state index contributed by atoms with van der Waals surface area (Å²) in [4.78, 5) is 28.4. The quantitative estimate of drug-likeness (QED) is 0.376. The molecule has 0 aliphatic rings. The van der Waals surface area contributed by atoms with Crippen LogP contribution in [0, 0.1) is 0 Å². The standard InChI is InChI=1S/C21H22N4O4S/c1-2-11-28-20(27)15-7-6-8-16(12-15)22-19(26)14-30-21-23-18(24-25-21)13-29-17-9-4-3-5-10-17/h3-10,12H,2,11,13-14H2,1H3,(H,22,26)(H,23,24,25). The number of benzene rings is 2. The summed E-state index contributed by atoms with van der Waals surface area (Å²) in [5.41, 5.74) is 0.921. The van der Waals surface area contributed by atoms with Crippen LogP contribution >= 0.6 is 11.8 Å². The van der Waals surface area contributed by atoms with Crippen molar-refractivity contribution in [1.82, 2.24) is 15.2 Å². The summed E-state index contributed by atoms with van der Waals surface area (Å²) < 4.78 is 10.7. The second kappa shape index (κ2) is 11.0. The molecule has 0 unspecified atom stereocenters. The van der Waals surface area contributed by atoms with E-state index >= 15 is 0 Å². The second-order valence-electron chi connectivity index (χ2n) is 6.22. The first-order chi connectivity index (χ1) is 14.6. The SMILES string of the molecule is CCCOC(=O)c1cccc(NC(=O)CSc2n[nH]c(COc3ccccc3)n2)c1. The molecule has 0 saturated heterocycles. The molecule has 1 heterocycles. The Morgan fingerprint density at radius 2 is 1.97 bits per heavy atom. The zero-order valence-electron chi connectivity index (χ0n) is 16.5. The number of carbonyl (C=O) groups excluding carboxylic acids is 2. The van der Waals surface area contributed by atoms with Gasteiger partial charge in [0.15, 0.2) is 5.82 Å². The molecule has 1 amide bonds. The van der Waals surface area contributed by atoms with Crippen molar-refractivity contribution >= 4 is 29.3 Å². The van der Waals surface area contributed by atoms with Crippen molar-refractivity contribution in [3.8, 4) is 5.75 Å². The fourth-order valence-corrected chi connectivity index (χ4v) is 3.02. The molecule has 9 heteroatoms. The lowest BCUT2D eigenvalue weighted by atomic mass is 10.2. The van der Waals surface area contributed by atoms with Crippen molar-refractivity contribution in [1.29, 1.82) is 0 Å². The van der Waals surface area contributed by atoms with Crippen LogP contribution in [0.15, 0.2) is 59.8 Å². The summed E-state index contributed by atoms with van der Waals surface area (Å²) in [6.45, 7) is 2.54. The fraction of sp³-hybridized carbons (Fsp3) is 0.238. The molecule has 0 aliphatic heterocycles. The average Bonchev–Trinajstić information content (AvgIpc) is 3.23. The molecular weight excluding hydrogens is 404 g/mol. The van der Waals surface area contributed by atoms with Crippen LogP contribution in [0.1, 0.15) is 29.5 Å². The van der Waals surface area contributed by atoms with Crippen LogP contribution in [0.4, 0.5) is 5.69 Å². The molecule has 0 saturated carbocycles. The van der Waals surface area contributed by atoms with Gasteiger partial charge in [0.2, 0.25) is 11.1 Å². The van der Waals surface area contributed by atoms with Gasteiger partial charge in [-0.3, -0.25) is 9.89 Å². The molecule has 3 aromatic rings.